The van der Waals surface area contributed by atoms with Gasteiger partial charge in [0.1, 0.15) is 17.3 Å². The minimum absolute atomic E-state index is 0.130. The van der Waals surface area contributed by atoms with Crippen LogP contribution in [-0.2, 0) is 14.8 Å². The smallest absolute Gasteiger partial charge is 0.264 e. The Kier molecular flexibility index (Phi) is 6.99. The van der Waals surface area contributed by atoms with Crippen LogP contribution in [0.1, 0.15) is 5.56 Å². The minimum Gasteiger partial charge on any atom is -0.497 e. The average molecular weight is 459 g/mol. The zero-order chi connectivity index (χ0) is 23.3. The third-order valence-electron chi connectivity index (χ3n) is 4.74. The van der Waals surface area contributed by atoms with Crippen molar-refractivity contribution in [2.45, 2.75) is 11.8 Å². The van der Waals surface area contributed by atoms with Gasteiger partial charge in [-0.25, -0.2) is 12.8 Å². The van der Waals surface area contributed by atoms with E-state index in [0.29, 0.717) is 28.4 Å². The fourth-order valence-corrected chi connectivity index (χ4v) is 4.01. The van der Waals surface area contributed by atoms with Gasteiger partial charge in [0.05, 0.1) is 17.7 Å². The van der Waals surface area contributed by atoms with Crippen LogP contribution in [0.2, 0.25) is 0 Å². The van der Waals surface area contributed by atoms with E-state index in [4.69, 9.17) is 9.47 Å². The van der Waals surface area contributed by atoms with Crippen LogP contribution in [0.4, 0.5) is 15.8 Å². The van der Waals surface area contributed by atoms with Crippen molar-refractivity contribution in [3.63, 3.8) is 0 Å². The van der Waals surface area contributed by atoms with Gasteiger partial charge in [-0.15, -0.1) is 0 Å². The second-order valence-corrected chi connectivity index (χ2v) is 8.91. The fraction of sp³-hybridized carbons (Fsp3) is 0.174. The van der Waals surface area contributed by atoms with Gasteiger partial charge in [-0.1, -0.05) is 6.07 Å². The van der Waals surface area contributed by atoms with Gasteiger partial charge in [-0.05, 0) is 73.2 Å². The van der Waals surface area contributed by atoms with Crippen LogP contribution in [0.25, 0.3) is 0 Å². The number of rotatable bonds is 8. The van der Waals surface area contributed by atoms with E-state index in [9.17, 15) is 17.6 Å². The van der Waals surface area contributed by atoms with E-state index in [-0.39, 0.29) is 11.5 Å². The Hall–Kier alpha value is -3.59. The van der Waals surface area contributed by atoms with Gasteiger partial charge in [-0.2, -0.15) is 0 Å². The predicted molar refractivity (Wildman–Crippen MR) is 120 cm³/mol. The zero-order valence-electron chi connectivity index (χ0n) is 17.8. The number of hydrogen-bond acceptors (Lipinski definition) is 5. The Labute approximate surface area is 186 Å². The predicted octanol–water partition coefficient (Wildman–Crippen LogP) is 3.99. The first-order chi connectivity index (χ1) is 15.2. The van der Waals surface area contributed by atoms with E-state index >= 15 is 0 Å². The van der Waals surface area contributed by atoms with Crippen LogP contribution >= 0.6 is 0 Å². The molecule has 0 bridgehead atoms. The zero-order valence-corrected chi connectivity index (χ0v) is 18.6. The summed E-state index contributed by atoms with van der Waals surface area (Å²) in [6.07, 6.45) is 0. The number of amides is 1. The van der Waals surface area contributed by atoms with E-state index in [1.54, 1.807) is 55.5 Å². The molecular formula is C23H23FN2O5S. The molecule has 0 spiro atoms. The maximum absolute atomic E-state index is 13.6. The molecule has 1 N–H and O–H groups in total. The van der Waals surface area contributed by atoms with Gasteiger partial charge in [0.25, 0.3) is 15.9 Å². The molecule has 1 amide bonds. The number of halogens is 1. The van der Waals surface area contributed by atoms with Gasteiger partial charge in [0.15, 0.2) is 6.61 Å². The summed E-state index contributed by atoms with van der Waals surface area (Å²) in [6, 6.07) is 16.8. The maximum Gasteiger partial charge on any atom is 0.264 e. The van der Waals surface area contributed by atoms with Gasteiger partial charge in [0, 0.05) is 12.7 Å². The van der Waals surface area contributed by atoms with Crippen molar-refractivity contribution >= 4 is 27.3 Å². The SMILES string of the molecule is COc1ccc(S(=O)(=O)N(C)c2ccc(OCC(=O)Nc3ccc(C)c(F)c3)cc2)cc1. The molecule has 3 rings (SSSR count). The molecule has 7 nitrogen and oxygen atoms in total. The van der Waals surface area contributed by atoms with Gasteiger partial charge < -0.3 is 14.8 Å². The van der Waals surface area contributed by atoms with E-state index in [0.717, 1.165) is 4.31 Å². The van der Waals surface area contributed by atoms with E-state index < -0.39 is 21.7 Å². The third kappa shape index (κ3) is 5.36. The molecule has 0 saturated heterocycles. The highest BCUT2D eigenvalue weighted by atomic mass is 32.2. The topological polar surface area (TPSA) is 84.9 Å². The molecule has 0 unspecified atom stereocenters. The summed E-state index contributed by atoms with van der Waals surface area (Å²) in [6.45, 7) is 1.35. The fourth-order valence-electron chi connectivity index (χ4n) is 2.81. The first kappa shape index (κ1) is 23.1. The molecule has 0 atom stereocenters. The molecule has 3 aromatic carbocycles. The summed E-state index contributed by atoms with van der Waals surface area (Å²) in [5.41, 5.74) is 1.24. The molecule has 0 fully saturated rings. The van der Waals surface area contributed by atoms with Crippen LogP contribution in [-0.4, -0.2) is 35.1 Å². The maximum atomic E-state index is 13.6. The minimum atomic E-state index is -3.75. The van der Waals surface area contributed by atoms with Crippen molar-refractivity contribution in [3.8, 4) is 11.5 Å². The number of nitrogens with one attached hydrogen (secondary N) is 1. The number of anilines is 2. The van der Waals surface area contributed by atoms with Crippen molar-refractivity contribution < 1.29 is 27.1 Å². The quantitative estimate of drug-likeness (QED) is 0.552. The van der Waals surface area contributed by atoms with Crippen LogP contribution < -0.4 is 19.1 Å². The highest BCUT2D eigenvalue weighted by Crippen LogP contribution is 2.25. The highest BCUT2D eigenvalue weighted by molar-refractivity contribution is 7.92. The van der Waals surface area contributed by atoms with Crippen LogP contribution in [0.3, 0.4) is 0 Å². The number of hydrogen-bond donors (Lipinski definition) is 1. The lowest BCUT2D eigenvalue weighted by molar-refractivity contribution is -0.118. The normalized spacial score (nSPS) is 11.0. The number of nitrogens with zero attached hydrogens (tertiary/aromatic N) is 1. The Morgan fingerprint density at radius 1 is 1.00 bits per heavy atom. The molecule has 3 aromatic rings. The van der Waals surface area contributed by atoms with Crippen molar-refractivity contribution in [1.82, 2.24) is 0 Å². The Balaban J connectivity index is 1.61. The average Bonchev–Trinajstić information content (AvgIpc) is 2.80. The molecule has 9 heteroatoms. The molecule has 0 aliphatic heterocycles. The number of ether oxygens (including phenoxy) is 2. The van der Waals surface area contributed by atoms with E-state index in [2.05, 4.69) is 5.32 Å². The summed E-state index contributed by atoms with van der Waals surface area (Å²) in [7, 11) is -0.801. The molecule has 0 radical (unpaired) electrons. The molecule has 0 aliphatic rings. The van der Waals surface area contributed by atoms with Gasteiger partial charge >= 0.3 is 0 Å². The molecule has 168 valence electrons. The summed E-state index contributed by atoms with van der Waals surface area (Å²) in [5.74, 6) is 0.0865. The summed E-state index contributed by atoms with van der Waals surface area (Å²) in [4.78, 5) is 12.2. The van der Waals surface area contributed by atoms with Crippen molar-refractivity contribution in [1.29, 1.82) is 0 Å². The molecule has 0 heterocycles. The number of benzene rings is 3. The molecule has 0 saturated carbocycles. The standard InChI is InChI=1S/C23H23FN2O5S/c1-16-4-5-17(14-22(16)24)25-23(27)15-31-20-8-6-18(7-9-20)26(2)32(28,29)21-12-10-19(30-3)11-13-21/h4-14H,15H2,1-3H3,(H,25,27). The molecular weight excluding hydrogens is 435 g/mol. The number of methoxy groups -OCH3 is 1. The van der Waals surface area contributed by atoms with E-state index in [1.165, 1.54) is 32.4 Å². The third-order valence-corrected chi connectivity index (χ3v) is 6.54. The summed E-state index contributed by atoms with van der Waals surface area (Å²) >= 11 is 0. The van der Waals surface area contributed by atoms with Gasteiger partial charge in [0.2, 0.25) is 0 Å². The first-order valence-corrected chi connectivity index (χ1v) is 11.1. The number of sulfonamides is 1. The number of carbonyl (C=O) groups is 1. The van der Waals surface area contributed by atoms with Crippen LogP contribution in [0, 0.1) is 12.7 Å². The largest absolute Gasteiger partial charge is 0.497 e. The first-order valence-electron chi connectivity index (χ1n) is 9.62. The van der Waals surface area contributed by atoms with Crippen molar-refractivity contribution in [2.75, 3.05) is 30.4 Å². The number of aryl methyl sites for hydroxylation is 1. The van der Waals surface area contributed by atoms with Gasteiger partial charge in [-0.3, -0.25) is 9.10 Å². The van der Waals surface area contributed by atoms with Crippen LogP contribution in [0.15, 0.2) is 71.6 Å². The van der Waals surface area contributed by atoms with Crippen LogP contribution in [0.5, 0.6) is 11.5 Å². The molecule has 0 aromatic heterocycles. The number of carbonyl (C=O) groups excluding carboxylic acids is 1. The lowest BCUT2D eigenvalue weighted by atomic mass is 10.2. The summed E-state index contributed by atoms with van der Waals surface area (Å²) < 4.78 is 50.9. The second-order valence-electron chi connectivity index (χ2n) is 6.94. The second kappa shape index (κ2) is 9.69. The Morgan fingerprint density at radius 3 is 2.22 bits per heavy atom. The van der Waals surface area contributed by atoms with Crippen molar-refractivity contribution in [2.24, 2.45) is 0 Å². The lowest BCUT2D eigenvalue weighted by Gasteiger charge is -2.20. The molecule has 0 aliphatic carbocycles. The Bertz CT molecular complexity index is 1200. The lowest BCUT2D eigenvalue weighted by Crippen LogP contribution is -2.26. The highest BCUT2D eigenvalue weighted by Gasteiger charge is 2.21. The monoisotopic (exact) mass is 458 g/mol. The molecule has 32 heavy (non-hydrogen) atoms. The van der Waals surface area contributed by atoms with E-state index in [1.807, 2.05) is 0 Å². The summed E-state index contributed by atoms with van der Waals surface area (Å²) in [5, 5.41) is 2.56. The Morgan fingerprint density at radius 2 is 1.62 bits per heavy atom. The van der Waals surface area contributed by atoms with Crippen molar-refractivity contribution in [3.05, 3.63) is 78.1 Å².